The fourth-order valence-corrected chi connectivity index (χ4v) is 6.16. The van der Waals surface area contributed by atoms with Crippen LogP contribution in [0.4, 0.5) is 0 Å². The van der Waals surface area contributed by atoms with E-state index < -0.39 is 0 Å². The van der Waals surface area contributed by atoms with Crippen molar-refractivity contribution in [2.75, 3.05) is 0 Å². The van der Waals surface area contributed by atoms with Crippen LogP contribution in [0.5, 0.6) is 0 Å². The Hall–Kier alpha value is 0.790. The SMILES string of the molecule is CC(C)(C)[Te+]C(C)(C)C. The van der Waals surface area contributed by atoms with Crippen molar-refractivity contribution in [3.63, 3.8) is 0 Å². The van der Waals surface area contributed by atoms with E-state index >= 15 is 0 Å². The maximum atomic E-state index is 2.35. The van der Waals surface area contributed by atoms with Gasteiger partial charge in [-0.2, -0.15) is 0 Å². The predicted octanol–water partition coefficient (Wildman–Crippen LogP) is 3.13. The molecule has 0 rings (SSSR count). The number of hydrogen-bond acceptors (Lipinski definition) is 0. The van der Waals surface area contributed by atoms with Gasteiger partial charge in [0.15, 0.2) is 0 Å². The molecule has 0 amide bonds. The summed E-state index contributed by atoms with van der Waals surface area (Å²) < 4.78 is 1.23. The first kappa shape index (κ1) is 9.79. The number of hydrogen-bond donors (Lipinski definition) is 0. The summed E-state index contributed by atoms with van der Waals surface area (Å²) >= 11 is 0.165. The van der Waals surface area contributed by atoms with Gasteiger partial charge in [0.25, 0.3) is 0 Å². The van der Waals surface area contributed by atoms with Crippen LogP contribution in [0.15, 0.2) is 0 Å². The van der Waals surface area contributed by atoms with Gasteiger partial charge in [-0.25, -0.2) is 0 Å². The molecule has 0 atom stereocenters. The molecule has 0 aromatic heterocycles. The summed E-state index contributed by atoms with van der Waals surface area (Å²) in [5.41, 5.74) is 0. The first-order chi connectivity index (χ1) is 3.71. The van der Waals surface area contributed by atoms with Gasteiger partial charge in [0.2, 0.25) is 0 Å². The van der Waals surface area contributed by atoms with Gasteiger partial charge in [0, 0.05) is 0 Å². The standard InChI is InChI=1S/C8H18Te/c1-7(2,3)9-8(4,5)6/h1-6H3/q+1. The van der Waals surface area contributed by atoms with Crippen LogP contribution < -0.4 is 0 Å². The molecule has 0 N–H and O–H groups in total. The summed E-state index contributed by atoms with van der Waals surface area (Å²) in [6.45, 7) is 14.1. The Bertz CT molecular complexity index is 69.7. The summed E-state index contributed by atoms with van der Waals surface area (Å²) in [5, 5.41) is 0. The molecule has 0 heterocycles. The Morgan fingerprint density at radius 2 is 0.889 bits per heavy atom. The zero-order valence-electron chi connectivity index (χ0n) is 7.41. The fraction of sp³-hybridized carbons (Fsp3) is 1.00. The molecule has 0 aliphatic rings. The van der Waals surface area contributed by atoms with Crippen LogP contribution in [0, 0.1) is 0 Å². The van der Waals surface area contributed by atoms with E-state index in [-0.39, 0.29) is 20.9 Å². The second kappa shape index (κ2) is 2.80. The second-order valence-electron chi connectivity index (χ2n) is 4.33. The van der Waals surface area contributed by atoms with Gasteiger partial charge in [-0.15, -0.1) is 0 Å². The summed E-state index contributed by atoms with van der Waals surface area (Å²) in [4.78, 5) is 0. The third-order valence-corrected chi connectivity index (χ3v) is 4.11. The van der Waals surface area contributed by atoms with Crippen LogP contribution in [0.25, 0.3) is 0 Å². The molecule has 0 aliphatic heterocycles. The molecular formula is C8H18Te+. The van der Waals surface area contributed by atoms with Crippen LogP contribution in [0.2, 0.25) is 6.93 Å². The Morgan fingerprint density at radius 3 is 0.889 bits per heavy atom. The van der Waals surface area contributed by atoms with Crippen molar-refractivity contribution in [2.24, 2.45) is 0 Å². The summed E-state index contributed by atoms with van der Waals surface area (Å²) in [6.07, 6.45) is 0. The predicted molar refractivity (Wildman–Crippen MR) is 45.2 cm³/mol. The molecule has 0 aromatic carbocycles. The topological polar surface area (TPSA) is 0 Å². The Morgan fingerprint density at radius 1 is 0.667 bits per heavy atom. The fourth-order valence-electron chi connectivity index (χ4n) is 0.919. The molecule has 0 saturated heterocycles. The minimum atomic E-state index is 0.165. The van der Waals surface area contributed by atoms with Crippen molar-refractivity contribution >= 4 is 20.9 Å². The molecule has 0 unspecified atom stereocenters. The molecule has 55 valence electrons. The van der Waals surface area contributed by atoms with Crippen molar-refractivity contribution in [3.8, 4) is 0 Å². The number of rotatable bonds is 0. The molecule has 1 heteroatoms. The molecule has 9 heavy (non-hydrogen) atoms. The van der Waals surface area contributed by atoms with Crippen molar-refractivity contribution in [1.82, 2.24) is 0 Å². The van der Waals surface area contributed by atoms with E-state index in [1.807, 2.05) is 0 Å². The van der Waals surface area contributed by atoms with E-state index in [0.29, 0.717) is 6.93 Å². The van der Waals surface area contributed by atoms with Crippen LogP contribution in [0.1, 0.15) is 41.5 Å². The van der Waals surface area contributed by atoms with Crippen LogP contribution >= 0.6 is 0 Å². The van der Waals surface area contributed by atoms with E-state index in [1.165, 1.54) is 0 Å². The molecule has 1 radical (unpaired) electrons. The second-order valence-corrected chi connectivity index (χ2v) is 11.9. The van der Waals surface area contributed by atoms with Crippen molar-refractivity contribution in [2.45, 2.75) is 48.5 Å². The zero-order valence-corrected chi connectivity index (χ0v) is 9.74. The normalized spacial score (nSPS) is 14.0. The van der Waals surface area contributed by atoms with E-state index in [4.69, 9.17) is 0 Å². The van der Waals surface area contributed by atoms with Gasteiger partial charge in [-0.1, -0.05) is 0 Å². The van der Waals surface area contributed by atoms with E-state index in [2.05, 4.69) is 41.5 Å². The molecule has 0 fully saturated rings. The molecule has 0 aromatic rings. The molecule has 0 bridgehead atoms. The van der Waals surface area contributed by atoms with Crippen LogP contribution in [-0.4, -0.2) is 20.9 Å². The molecule has 0 spiro atoms. The molecule has 0 saturated carbocycles. The summed E-state index contributed by atoms with van der Waals surface area (Å²) in [7, 11) is 0. The first-order valence-corrected chi connectivity index (χ1v) is 5.74. The van der Waals surface area contributed by atoms with Gasteiger partial charge in [-0.3, -0.25) is 0 Å². The van der Waals surface area contributed by atoms with Crippen molar-refractivity contribution in [3.05, 3.63) is 0 Å². The third kappa shape index (κ3) is 8.79. The minimum absolute atomic E-state index is 0.165. The van der Waals surface area contributed by atoms with Gasteiger partial charge in [0.05, 0.1) is 0 Å². The average molecular weight is 242 g/mol. The monoisotopic (exact) mass is 244 g/mol. The maximum absolute atomic E-state index is 2.35. The third-order valence-electron chi connectivity index (χ3n) is 0.612. The van der Waals surface area contributed by atoms with Crippen LogP contribution in [0.3, 0.4) is 0 Å². The van der Waals surface area contributed by atoms with Gasteiger partial charge >= 0.3 is 69.4 Å². The Labute approximate surface area is 69.5 Å². The average Bonchev–Trinajstić information content (AvgIpc) is 1.14. The zero-order chi connectivity index (χ0) is 7.71. The first-order valence-electron chi connectivity index (χ1n) is 3.41. The van der Waals surface area contributed by atoms with Gasteiger partial charge in [0.1, 0.15) is 0 Å². The van der Waals surface area contributed by atoms with Crippen molar-refractivity contribution in [1.29, 1.82) is 0 Å². The van der Waals surface area contributed by atoms with Crippen LogP contribution in [-0.2, 0) is 0 Å². The molecular weight excluding hydrogens is 224 g/mol. The summed E-state index contributed by atoms with van der Waals surface area (Å²) in [5.74, 6) is 0. The van der Waals surface area contributed by atoms with Gasteiger partial charge < -0.3 is 0 Å². The quantitative estimate of drug-likeness (QED) is 0.572. The molecule has 0 nitrogen and oxygen atoms in total. The Kier molecular flexibility index (Phi) is 3.05. The van der Waals surface area contributed by atoms with E-state index in [1.54, 1.807) is 0 Å². The summed E-state index contributed by atoms with van der Waals surface area (Å²) in [6, 6.07) is 0. The van der Waals surface area contributed by atoms with Gasteiger partial charge in [-0.05, 0) is 0 Å². The van der Waals surface area contributed by atoms with Crippen molar-refractivity contribution < 1.29 is 0 Å². The Balaban J connectivity index is 3.75. The van der Waals surface area contributed by atoms with E-state index in [0.717, 1.165) is 0 Å². The van der Waals surface area contributed by atoms with E-state index in [9.17, 15) is 0 Å². The molecule has 0 aliphatic carbocycles.